The Bertz CT molecular complexity index is 391. The van der Waals surface area contributed by atoms with Crippen LogP contribution in [-0.4, -0.2) is 34.9 Å². The molecule has 2 heterocycles. The van der Waals surface area contributed by atoms with E-state index in [0.717, 1.165) is 31.7 Å². The lowest BCUT2D eigenvalue weighted by atomic mass is 10.2. The molecule has 1 unspecified atom stereocenters. The Kier molecular flexibility index (Phi) is 3.68. The van der Waals surface area contributed by atoms with E-state index in [1.54, 1.807) is 6.07 Å². The molecule has 1 saturated heterocycles. The van der Waals surface area contributed by atoms with E-state index in [0.29, 0.717) is 5.56 Å². The molecule has 1 aromatic heterocycles. The van der Waals surface area contributed by atoms with Gasteiger partial charge in [-0.2, -0.15) is 0 Å². The molecule has 17 heavy (non-hydrogen) atoms. The van der Waals surface area contributed by atoms with E-state index >= 15 is 0 Å². The number of nitrogen functional groups attached to an aromatic ring is 1. The largest absolute Gasteiger partial charge is 0.326 e. The van der Waals surface area contributed by atoms with E-state index in [2.05, 4.69) is 15.3 Å². The third-order valence-electron chi connectivity index (χ3n) is 2.91. The Morgan fingerprint density at radius 2 is 2.41 bits per heavy atom. The first-order chi connectivity index (χ1) is 8.19. The predicted octanol–water partition coefficient (Wildman–Crippen LogP) is -0.782. The van der Waals surface area contributed by atoms with Crippen molar-refractivity contribution in [2.45, 2.75) is 19.0 Å². The molecule has 6 heteroatoms. The number of hydrogen-bond donors (Lipinski definition) is 3. The zero-order valence-electron chi connectivity index (χ0n) is 9.60. The van der Waals surface area contributed by atoms with E-state index in [1.807, 2.05) is 6.07 Å². The van der Waals surface area contributed by atoms with E-state index in [4.69, 9.17) is 11.6 Å². The lowest BCUT2D eigenvalue weighted by molar-refractivity contribution is 0.0953. The first-order valence-corrected chi connectivity index (χ1v) is 5.63. The van der Waals surface area contributed by atoms with Gasteiger partial charge < -0.3 is 5.73 Å². The summed E-state index contributed by atoms with van der Waals surface area (Å²) in [6, 6.07) is 3.84. The van der Waals surface area contributed by atoms with Crippen LogP contribution < -0.4 is 17.0 Å². The molecule has 0 spiro atoms. The summed E-state index contributed by atoms with van der Waals surface area (Å²) in [5.41, 5.74) is 9.31. The standard InChI is InChI=1S/C11H17N5O/c12-9-3-4-16(6-9)7-10-2-1-8(5-14-10)11(17)15-13/h1-2,5,9H,3-4,6-7,12-13H2,(H,15,17). The zero-order valence-corrected chi connectivity index (χ0v) is 9.60. The number of nitrogens with zero attached hydrogens (tertiary/aromatic N) is 2. The third kappa shape index (κ3) is 3.00. The maximum absolute atomic E-state index is 11.2. The molecule has 0 aliphatic carbocycles. The van der Waals surface area contributed by atoms with Crippen LogP contribution in [0.2, 0.25) is 0 Å². The highest BCUT2D eigenvalue weighted by atomic mass is 16.2. The molecule has 0 radical (unpaired) electrons. The van der Waals surface area contributed by atoms with Gasteiger partial charge in [0.25, 0.3) is 5.91 Å². The van der Waals surface area contributed by atoms with Crippen LogP contribution in [0.25, 0.3) is 0 Å². The number of nitrogens with two attached hydrogens (primary N) is 2. The normalized spacial score (nSPS) is 20.5. The van der Waals surface area contributed by atoms with Crippen molar-refractivity contribution in [2.75, 3.05) is 13.1 Å². The van der Waals surface area contributed by atoms with Crippen molar-refractivity contribution in [1.29, 1.82) is 0 Å². The molecular weight excluding hydrogens is 218 g/mol. The predicted molar refractivity (Wildman–Crippen MR) is 63.8 cm³/mol. The SMILES string of the molecule is NNC(=O)c1ccc(CN2CCC(N)C2)nc1. The van der Waals surface area contributed by atoms with Gasteiger partial charge in [0, 0.05) is 31.9 Å². The van der Waals surface area contributed by atoms with Gasteiger partial charge in [0.2, 0.25) is 0 Å². The second kappa shape index (κ2) is 5.22. The van der Waals surface area contributed by atoms with E-state index in [-0.39, 0.29) is 11.9 Å². The van der Waals surface area contributed by atoms with Gasteiger partial charge in [-0.3, -0.25) is 20.1 Å². The van der Waals surface area contributed by atoms with Gasteiger partial charge in [0.15, 0.2) is 0 Å². The Labute approximate surface area is 100.0 Å². The zero-order chi connectivity index (χ0) is 12.3. The first kappa shape index (κ1) is 12.0. The minimum atomic E-state index is -0.327. The molecule has 5 N–H and O–H groups in total. The second-order valence-electron chi connectivity index (χ2n) is 4.30. The van der Waals surface area contributed by atoms with Gasteiger partial charge >= 0.3 is 0 Å². The van der Waals surface area contributed by atoms with Crippen molar-refractivity contribution in [2.24, 2.45) is 11.6 Å². The number of aromatic nitrogens is 1. The number of carbonyl (C=O) groups is 1. The topological polar surface area (TPSA) is 97.3 Å². The number of pyridine rings is 1. The van der Waals surface area contributed by atoms with Gasteiger partial charge in [-0.15, -0.1) is 0 Å². The van der Waals surface area contributed by atoms with Crippen molar-refractivity contribution in [3.05, 3.63) is 29.6 Å². The summed E-state index contributed by atoms with van der Waals surface area (Å²) >= 11 is 0. The third-order valence-corrected chi connectivity index (χ3v) is 2.91. The Morgan fingerprint density at radius 1 is 1.59 bits per heavy atom. The monoisotopic (exact) mass is 235 g/mol. The molecule has 0 aromatic carbocycles. The van der Waals surface area contributed by atoms with Gasteiger partial charge in [-0.05, 0) is 18.6 Å². The van der Waals surface area contributed by atoms with Crippen LogP contribution in [0.15, 0.2) is 18.3 Å². The molecule has 1 aliphatic rings. The maximum atomic E-state index is 11.2. The number of hydrazine groups is 1. The highest BCUT2D eigenvalue weighted by molar-refractivity contribution is 5.93. The molecule has 2 rings (SSSR count). The van der Waals surface area contributed by atoms with Crippen LogP contribution in [0.5, 0.6) is 0 Å². The van der Waals surface area contributed by atoms with Gasteiger partial charge in [-0.25, -0.2) is 5.84 Å². The lowest BCUT2D eigenvalue weighted by Crippen LogP contribution is -2.30. The van der Waals surface area contributed by atoms with Crippen molar-refractivity contribution in [3.8, 4) is 0 Å². The molecule has 6 nitrogen and oxygen atoms in total. The smallest absolute Gasteiger partial charge is 0.266 e. The van der Waals surface area contributed by atoms with Crippen molar-refractivity contribution in [1.82, 2.24) is 15.3 Å². The number of hydrogen-bond acceptors (Lipinski definition) is 5. The summed E-state index contributed by atoms with van der Waals surface area (Å²) in [6.07, 6.45) is 2.57. The van der Waals surface area contributed by atoms with Crippen molar-refractivity contribution in [3.63, 3.8) is 0 Å². The summed E-state index contributed by atoms with van der Waals surface area (Å²) < 4.78 is 0. The van der Waals surface area contributed by atoms with Crippen LogP contribution in [0.1, 0.15) is 22.5 Å². The van der Waals surface area contributed by atoms with Gasteiger partial charge in [0.1, 0.15) is 0 Å². The number of carbonyl (C=O) groups excluding carboxylic acids is 1. The molecule has 1 amide bonds. The molecule has 1 fully saturated rings. The average molecular weight is 235 g/mol. The van der Waals surface area contributed by atoms with E-state index in [1.165, 1.54) is 6.20 Å². The molecule has 1 atom stereocenters. The fraction of sp³-hybridized carbons (Fsp3) is 0.455. The summed E-state index contributed by atoms with van der Waals surface area (Å²) in [4.78, 5) is 17.7. The van der Waals surface area contributed by atoms with Crippen LogP contribution in [0.4, 0.5) is 0 Å². The molecule has 0 saturated carbocycles. The lowest BCUT2D eigenvalue weighted by Gasteiger charge is -2.14. The minimum Gasteiger partial charge on any atom is -0.326 e. The number of nitrogens with one attached hydrogen (secondary N) is 1. The van der Waals surface area contributed by atoms with E-state index < -0.39 is 0 Å². The Morgan fingerprint density at radius 3 is 2.94 bits per heavy atom. The summed E-state index contributed by atoms with van der Waals surface area (Å²) in [5, 5.41) is 0. The van der Waals surface area contributed by atoms with E-state index in [9.17, 15) is 4.79 Å². The molecule has 0 bridgehead atoms. The minimum absolute atomic E-state index is 0.275. The molecule has 1 aliphatic heterocycles. The van der Waals surface area contributed by atoms with Crippen molar-refractivity contribution >= 4 is 5.91 Å². The first-order valence-electron chi connectivity index (χ1n) is 5.63. The summed E-state index contributed by atoms with van der Waals surface area (Å²) in [6.45, 7) is 2.69. The summed E-state index contributed by atoms with van der Waals surface area (Å²) in [5.74, 6) is 4.71. The van der Waals surface area contributed by atoms with Crippen LogP contribution in [0.3, 0.4) is 0 Å². The van der Waals surface area contributed by atoms with Crippen LogP contribution in [0, 0.1) is 0 Å². The second-order valence-corrected chi connectivity index (χ2v) is 4.30. The highest BCUT2D eigenvalue weighted by Crippen LogP contribution is 2.11. The Balaban J connectivity index is 1.96. The fourth-order valence-electron chi connectivity index (χ4n) is 1.97. The fourth-order valence-corrected chi connectivity index (χ4v) is 1.97. The van der Waals surface area contributed by atoms with Crippen LogP contribution in [-0.2, 0) is 6.54 Å². The highest BCUT2D eigenvalue weighted by Gasteiger charge is 2.19. The molecule has 92 valence electrons. The number of likely N-dealkylation sites (tertiary alicyclic amines) is 1. The van der Waals surface area contributed by atoms with Gasteiger partial charge in [0.05, 0.1) is 11.3 Å². The number of amides is 1. The number of rotatable bonds is 3. The van der Waals surface area contributed by atoms with Crippen molar-refractivity contribution < 1.29 is 4.79 Å². The maximum Gasteiger partial charge on any atom is 0.266 e. The Hall–Kier alpha value is -1.50. The molecular formula is C11H17N5O. The average Bonchev–Trinajstić information content (AvgIpc) is 2.75. The quantitative estimate of drug-likeness (QED) is 0.363. The van der Waals surface area contributed by atoms with Crippen LogP contribution >= 0.6 is 0 Å². The summed E-state index contributed by atoms with van der Waals surface area (Å²) in [7, 11) is 0. The van der Waals surface area contributed by atoms with Gasteiger partial charge in [-0.1, -0.05) is 0 Å². The molecule has 1 aromatic rings.